The Bertz CT molecular complexity index is 4220. The average molecular weight is 854 g/mol. The van der Waals surface area contributed by atoms with Gasteiger partial charge >= 0.3 is 0 Å². The fourth-order valence-electron chi connectivity index (χ4n) is 10.2. The molecule has 0 amide bonds. The predicted octanol–water partition coefficient (Wildman–Crippen LogP) is 14.5. The summed E-state index contributed by atoms with van der Waals surface area (Å²) in [5.74, 6) is 0.481. The zero-order chi connectivity index (χ0) is 44.6. The van der Waals surface area contributed by atoms with E-state index in [4.69, 9.17) is 9.97 Å². The molecule has 0 unspecified atom stereocenters. The monoisotopic (exact) mass is 853 g/mol. The van der Waals surface area contributed by atoms with Crippen LogP contribution in [0.5, 0.6) is 0 Å². The first-order chi connectivity index (χ1) is 33.2. The average Bonchev–Trinajstić information content (AvgIpc) is 4.03. The molecule has 4 aromatic heterocycles. The van der Waals surface area contributed by atoms with Crippen molar-refractivity contribution in [2.75, 3.05) is 0 Å². The SMILES string of the molecule is N#Cc1cc(-c2nc(-c3ccc4c(c3)c3ccccc3n4-c3ccccc3)nc(-c3ccccc3)c2C#N)ccc1-n1c2ccccc2c2cc3c4ccccc4n(-c4ccccc4)c3cc21. The van der Waals surface area contributed by atoms with E-state index in [0.29, 0.717) is 33.9 Å². The summed E-state index contributed by atoms with van der Waals surface area (Å²) in [5.41, 5.74) is 13.2. The Kier molecular flexibility index (Phi) is 8.51. The number of fused-ring (bicyclic) bond motifs is 9. The third-order valence-corrected chi connectivity index (χ3v) is 13.1. The van der Waals surface area contributed by atoms with E-state index in [-0.39, 0.29) is 0 Å². The van der Waals surface area contributed by atoms with E-state index in [0.717, 1.165) is 88.2 Å². The van der Waals surface area contributed by atoms with Gasteiger partial charge in [0.15, 0.2) is 5.82 Å². The minimum absolute atomic E-state index is 0.335. The molecule has 0 atom stereocenters. The van der Waals surface area contributed by atoms with E-state index in [1.807, 2.05) is 66.7 Å². The number of rotatable bonds is 6. The summed E-state index contributed by atoms with van der Waals surface area (Å²) >= 11 is 0. The van der Waals surface area contributed by atoms with Gasteiger partial charge < -0.3 is 13.7 Å². The minimum Gasteiger partial charge on any atom is -0.309 e. The summed E-state index contributed by atoms with van der Waals surface area (Å²) in [6.07, 6.45) is 0. The second-order valence-electron chi connectivity index (χ2n) is 16.8. The van der Waals surface area contributed by atoms with E-state index in [9.17, 15) is 10.5 Å². The topological polar surface area (TPSA) is 88.2 Å². The van der Waals surface area contributed by atoms with Gasteiger partial charge in [-0.2, -0.15) is 10.5 Å². The standard InChI is InChI=1S/C60H35N7/c61-36-41-32-39(28-30-51(41)67-54-27-15-12-24-46(54)49-34-48-45-23-11-14-26-53(45)66(56(48)35-57(49)67)43-20-8-3-9-21-43)59-50(37-62)58(38-16-4-1-5-17-38)63-60(64-59)40-29-31-55-47(33-40)44-22-10-13-25-52(44)65(55)42-18-6-2-7-19-42/h1-35H. The van der Waals surface area contributed by atoms with Crippen molar-refractivity contribution < 1.29 is 0 Å². The molecule has 310 valence electrons. The van der Waals surface area contributed by atoms with Gasteiger partial charge in [-0.15, -0.1) is 0 Å². The highest BCUT2D eigenvalue weighted by Gasteiger charge is 2.23. The molecule has 0 aliphatic rings. The largest absolute Gasteiger partial charge is 0.309 e. The van der Waals surface area contributed by atoms with Crippen molar-refractivity contribution in [3.8, 4) is 63.1 Å². The molecule has 0 bridgehead atoms. The summed E-state index contributed by atoms with van der Waals surface area (Å²) in [6.45, 7) is 0. The highest BCUT2D eigenvalue weighted by Crippen LogP contribution is 2.42. The minimum atomic E-state index is 0.335. The van der Waals surface area contributed by atoms with E-state index in [1.165, 1.54) is 5.39 Å². The first kappa shape index (κ1) is 37.9. The predicted molar refractivity (Wildman–Crippen MR) is 271 cm³/mol. The molecular weight excluding hydrogens is 819 g/mol. The van der Waals surface area contributed by atoms with Crippen LogP contribution in [0.2, 0.25) is 0 Å². The fraction of sp³-hybridized carbons (Fsp3) is 0. The first-order valence-electron chi connectivity index (χ1n) is 22.2. The molecule has 67 heavy (non-hydrogen) atoms. The number of nitrogens with zero attached hydrogens (tertiary/aromatic N) is 7. The van der Waals surface area contributed by atoms with Crippen LogP contribution < -0.4 is 0 Å². The maximum Gasteiger partial charge on any atom is 0.160 e. The van der Waals surface area contributed by atoms with Crippen molar-refractivity contribution in [3.05, 3.63) is 223 Å². The molecule has 13 aromatic rings. The Morgan fingerprint density at radius 2 is 0.791 bits per heavy atom. The highest BCUT2D eigenvalue weighted by atomic mass is 15.0. The molecule has 0 spiro atoms. The Balaban J connectivity index is 1.02. The summed E-state index contributed by atoms with van der Waals surface area (Å²) in [5, 5.41) is 28.7. The Morgan fingerprint density at radius 3 is 1.37 bits per heavy atom. The van der Waals surface area contributed by atoms with Gasteiger partial charge in [-0.1, -0.05) is 127 Å². The number of benzene rings is 9. The molecule has 0 saturated carbocycles. The lowest BCUT2D eigenvalue weighted by Gasteiger charge is -2.15. The van der Waals surface area contributed by atoms with Crippen molar-refractivity contribution in [1.82, 2.24) is 23.7 Å². The molecule has 0 fully saturated rings. The van der Waals surface area contributed by atoms with Crippen molar-refractivity contribution >= 4 is 65.4 Å². The number of nitriles is 2. The highest BCUT2D eigenvalue weighted by molar-refractivity contribution is 6.19. The van der Waals surface area contributed by atoms with Crippen LogP contribution in [-0.4, -0.2) is 23.7 Å². The van der Waals surface area contributed by atoms with Gasteiger partial charge in [0.25, 0.3) is 0 Å². The van der Waals surface area contributed by atoms with Crippen molar-refractivity contribution in [3.63, 3.8) is 0 Å². The second-order valence-corrected chi connectivity index (χ2v) is 16.8. The van der Waals surface area contributed by atoms with E-state index >= 15 is 0 Å². The lowest BCUT2D eigenvalue weighted by molar-refractivity contribution is 1.15. The smallest absolute Gasteiger partial charge is 0.160 e. The van der Waals surface area contributed by atoms with Crippen LogP contribution in [0.3, 0.4) is 0 Å². The molecule has 4 heterocycles. The summed E-state index contributed by atoms with van der Waals surface area (Å²) < 4.78 is 6.80. The zero-order valence-corrected chi connectivity index (χ0v) is 35.8. The van der Waals surface area contributed by atoms with Crippen molar-refractivity contribution in [2.24, 2.45) is 0 Å². The van der Waals surface area contributed by atoms with E-state index < -0.39 is 0 Å². The number of aromatic nitrogens is 5. The van der Waals surface area contributed by atoms with Crippen LogP contribution in [0.25, 0.3) is 116 Å². The molecule has 13 rings (SSSR count). The van der Waals surface area contributed by atoms with Crippen LogP contribution in [0.4, 0.5) is 0 Å². The summed E-state index contributed by atoms with van der Waals surface area (Å²) in [4.78, 5) is 10.4. The lowest BCUT2D eigenvalue weighted by atomic mass is 9.98. The van der Waals surface area contributed by atoms with E-state index in [2.05, 4.69) is 171 Å². The molecule has 0 aliphatic heterocycles. The van der Waals surface area contributed by atoms with Gasteiger partial charge in [0, 0.05) is 60.4 Å². The third kappa shape index (κ3) is 5.83. The van der Waals surface area contributed by atoms with Crippen molar-refractivity contribution in [1.29, 1.82) is 10.5 Å². The van der Waals surface area contributed by atoms with Gasteiger partial charge in [-0.05, 0) is 84.9 Å². The summed E-state index contributed by atoms with van der Waals surface area (Å²) in [6, 6.07) is 77.7. The van der Waals surface area contributed by atoms with Crippen LogP contribution in [-0.2, 0) is 0 Å². The van der Waals surface area contributed by atoms with Gasteiger partial charge in [0.05, 0.1) is 55.7 Å². The number of para-hydroxylation sites is 5. The quantitative estimate of drug-likeness (QED) is 0.167. The van der Waals surface area contributed by atoms with Crippen LogP contribution in [0, 0.1) is 22.7 Å². The van der Waals surface area contributed by atoms with Crippen molar-refractivity contribution in [2.45, 2.75) is 0 Å². The molecule has 0 N–H and O–H groups in total. The molecule has 0 aliphatic carbocycles. The Morgan fingerprint density at radius 1 is 0.328 bits per heavy atom. The molecular formula is C60H35N7. The molecule has 7 nitrogen and oxygen atoms in total. The van der Waals surface area contributed by atoms with Gasteiger partial charge in [0.1, 0.15) is 17.7 Å². The second kappa shape index (κ2) is 15.0. The number of hydrogen-bond acceptors (Lipinski definition) is 4. The summed E-state index contributed by atoms with van der Waals surface area (Å²) in [7, 11) is 0. The zero-order valence-electron chi connectivity index (χ0n) is 35.8. The molecule has 9 aromatic carbocycles. The third-order valence-electron chi connectivity index (χ3n) is 13.1. The fourth-order valence-corrected chi connectivity index (χ4v) is 10.2. The van der Waals surface area contributed by atoms with Crippen LogP contribution in [0.1, 0.15) is 11.1 Å². The first-order valence-corrected chi connectivity index (χ1v) is 22.2. The van der Waals surface area contributed by atoms with Gasteiger partial charge in [-0.3, -0.25) is 0 Å². The van der Waals surface area contributed by atoms with Crippen LogP contribution in [0.15, 0.2) is 212 Å². The van der Waals surface area contributed by atoms with E-state index in [1.54, 1.807) is 0 Å². The number of hydrogen-bond donors (Lipinski definition) is 0. The van der Waals surface area contributed by atoms with Gasteiger partial charge in [0.2, 0.25) is 0 Å². The Hall–Kier alpha value is -9.56. The van der Waals surface area contributed by atoms with Gasteiger partial charge in [-0.25, -0.2) is 9.97 Å². The Labute approximate surface area is 384 Å². The normalized spacial score (nSPS) is 11.6. The molecule has 0 radical (unpaired) electrons. The van der Waals surface area contributed by atoms with Crippen LogP contribution >= 0.6 is 0 Å². The molecule has 7 heteroatoms. The lowest BCUT2D eigenvalue weighted by Crippen LogP contribution is -2.03. The maximum atomic E-state index is 11.1. The molecule has 0 saturated heterocycles. The maximum absolute atomic E-state index is 11.1.